The highest BCUT2D eigenvalue weighted by molar-refractivity contribution is 7.99. The largest absolute Gasteiger partial charge is 0.497 e. The van der Waals surface area contributed by atoms with Gasteiger partial charge in [0.1, 0.15) is 11.5 Å². The highest BCUT2D eigenvalue weighted by atomic mass is 32.2. The van der Waals surface area contributed by atoms with E-state index < -0.39 is 0 Å². The zero-order valence-electron chi connectivity index (χ0n) is 15.9. The minimum atomic E-state index is -0.280. The van der Waals surface area contributed by atoms with Crippen LogP contribution in [-0.4, -0.2) is 35.8 Å². The lowest BCUT2D eigenvalue weighted by atomic mass is 10.0. The van der Waals surface area contributed by atoms with Crippen molar-refractivity contribution in [2.24, 2.45) is 5.73 Å². The van der Waals surface area contributed by atoms with Gasteiger partial charge in [-0.25, -0.2) is 4.98 Å². The van der Waals surface area contributed by atoms with E-state index in [0.29, 0.717) is 6.42 Å². The second kappa shape index (κ2) is 9.32. The van der Waals surface area contributed by atoms with Crippen molar-refractivity contribution in [3.63, 3.8) is 0 Å². The Labute approximate surface area is 168 Å². The molecule has 0 saturated carbocycles. The Morgan fingerprint density at radius 1 is 1.00 bits per heavy atom. The number of imidazole rings is 1. The molecular formula is C21H23N3O3S. The Balaban J connectivity index is 1.91. The molecule has 1 amide bonds. The fraction of sp³-hybridized carbons (Fsp3) is 0.238. The number of ether oxygens (including phenoxy) is 2. The molecule has 0 aliphatic heterocycles. The summed E-state index contributed by atoms with van der Waals surface area (Å²) in [5, 5.41) is 0.807. The van der Waals surface area contributed by atoms with Crippen LogP contribution in [0.25, 0.3) is 22.5 Å². The van der Waals surface area contributed by atoms with Gasteiger partial charge in [0.25, 0.3) is 0 Å². The van der Waals surface area contributed by atoms with Crippen LogP contribution in [0.3, 0.4) is 0 Å². The number of thioether (sulfide) groups is 1. The zero-order valence-corrected chi connectivity index (χ0v) is 16.7. The molecule has 0 aliphatic rings. The first kappa shape index (κ1) is 19.8. The van der Waals surface area contributed by atoms with Crippen molar-refractivity contribution in [3.8, 4) is 34.0 Å². The Bertz CT molecular complexity index is 856. The van der Waals surface area contributed by atoms with Crippen LogP contribution >= 0.6 is 11.8 Å². The van der Waals surface area contributed by atoms with Gasteiger partial charge in [-0.15, -0.1) is 0 Å². The Kier molecular flexibility index (Phi) is 6.60. The molecule has 1 heterocycles. The predicted octanol–water partition coefficient (Wildman–Crippen LogP) is 4.12. The van der Waals surface area contributed by atoms with Gasteiger partial charge in [0, 0.05) is 23.3 Å². The first-order valence-corrected chi connectivity index (χ1v) is 9.89. The van der Waals surface area contributed by atoms with Crippen LogP contribution in [0.15, 0.2) is 53.7 Å². The van der Waals surface area contributed by atoms with Crippen LogP contribution in [0.5, 0.6) is 11.5 Å². The predicted molar refractivity (Wildman–Crippen MR) is 112 cm³/mol. The summed E-state index contributed by atoms with van der Waals surface area (Å²) in [5.41, 5.74) is 9.02. The van der Waals surface area contributed by atoms with Crippen LogP contribution in [0.4, 0.5) is 0 Å². The van der Waals surface area contributed by atoms with Gasteiger partial charge >= 0.3 is 0 Å². The SMILES string of the molecule is COc1ccc(-c2nc(SCCCC(N)=O)[nH]c2-c2ccc(OC)cc2)cc1. The first-order chi connectivity index (χ1) is 13.6. The molecule has 0 radical (unpaired) electrons. The highest BCUT2D eigenvalue weighted by Crippen LogP contribution is 2.34. The lowest BCUT2D eigenvalue weighted by molar-refractivity contribution is -0.118. The van der Waals surface area contributed by atoms with Gasteiger partial charge < -0.3 is 20.2 Å². The molecule has 3 rings (SSSR count). The van der Waals surface area contributed by atoms with Gasteiger partial charge in [0.05, 0.1) is 25.6 Å². The zero-order chi connectivity index (χ0) is 19.9. The third-order valence-corrected chi connectivity index (χ3v) is 5.19. The first-order valence-electron chi connectivity index (χ1n) is 8.90. The molecule has 3 aromatic rings. The van der Waals surface area contributed by atoms with Gasteiger partial charge in [0.15, 0.2) is 5.16 Å². The summed E-state index contributed by atoms with van der Waals surface area (Å²) >= 11 is 1.58. The minimum Gasteiger partial charge on any atom is -0.497 e. The average Bonchev–Trinajstić information content (AvgIpc) is 3.15. The lowest BCUT2D eigenvalue weighted by Gasteiger charge is -2.06. The van der Waals surface area contributed by atoms with E-state index in [1.54, 1.807) is 26.0 Å². The monoisotopic (exact) mass is 397 g/mol. The summed E-state index contributed by atoms with van der Waals surface area (Å²) in [5.74, 6) is 2.08. The number of hydrogen-bond donors (Lipinski definition) is 2. The molecule has 1 aromatic heterocycles. The highest BCUT2D eigenvalue weighted by Gasteiger charge is 2.15. The summed E-state index contributed by atoms with van der Waals surface area (Å²) in [6, 6.07) is 15.7. The fourth-order valence-electron chi connectivity index (χ4n) is 2.76. The van der Waals surface area contributed by atoms with Gasteiger partial charge in [-0.05, 0) is 55.0 Å². The number of aromatic nitrogens is 2. The smallest absolute Gasteiger partial charge is 0.217 e. The number of aromatic amines is 1. The Morgan fingerprint density at radius 3 is 2.11 bits per heavy atom. The van der Waals surface area contributed by atoms with Gasteiger partial charge in [-0.2, -0.15) is 0 Å². The van der Waals surface area contributed by atoms with E-state index in [1.807, 2.05) is 48.5 Å². The summed E-state index contributed by atoms with van der Waals surface area (Å²) in [4.78, 5) is 19.1. The minimum absolute atomic E-state index is 0.280. The molecule has 3 N–H and O–H groups in total. The molecule has 0 unspecified atom stereocenters. The van der Waals surface area contributed by atoms with Crippen molar-refractivity contribution in [2.75, 3.05) is 20.0 Å². The van der Waals surface area contributed by atoms with E-state index in [9.17, 15) is 4.79 Å². The number of benzene rings is 2. The van der Waals surface area contributed by atoms with E-state index in [0.717, 1.165) is 51.3 Å². The van der Waals surface area contributed by atoms with Crippen LogP contribution < -0.4 is 15.2 Å². The molecule has 0 atom stereocenters. The molecule has 6 nitrogen and oxygen atoms in total. The number of H-pyrrole nitrogens is 1. The number of rotatable bonds is 9. The van der Waals surface area contributed by atoms with E-state index in [4.69, 9.17) is 20.2 Å². The number of carbonyl (C=O) groups is 1. The molecule has 0 spiro atoms. The van der Waals surface area contributed by atoms with Gasteiger partial charge in [-0.3, -0.25) is 4.79 Å². The number of carbonyl (C=O) groups excluding carboxylic acids is 1. The fourth-order valence-corrected chi connectivity index (χ4v) is 3.57. The van der Waals surface area contributed by atoms with E-state index >= 15 is 0 Å². The molecule has 146 valence electrons. The summed E-state index contributed by atoms with van der Waals surface area (Å²) in [7, 11) is 3.29. The molecule has 0 bridgehead atoms. The second-order valence-electron chi connectivity index (χ2n) is 6.14. The van der Waals surface area contributed by atoms with Crippen LogP contribution in [0.1, 0.15) is 12.8 Å². The van der Waals surface area contributed by atoms with Crippen LogP contribution in [0.2, 0.25) is 0 Å². The van der Waals surface area contributed by atoms with E-state index in [2.05, 4.69) is 4.98 Å². The van der Waals surface area contributed by atoms with Crippen LogP contribution in [0, 0.1) is 0 Å². The summed E-state index contributed by atoms with van der Waals surface area (Å²) < 4.78 is 10.5. The van der Waals surface area contributed by atoms with Crippen LogP contribution in [-0.2, 0) is 4.79 Å². The van der Waals surface area contributed by atoms with Crippen molar-refractivity contribution in [3.05, 3.63) is 48.5 Å². The summed E-state index contributed by atoms with van der Waals surface area (Å²) in [6.07, 6.45) is 1.10. The van der Waals surface area contributed by atoms with Gasteiger partial charge in [-0.1, -0.05) is 11.8 Å². The third kappa shape index (κ3) is 4.86. The van der Waals surface area contributed by atoms with E-state index in [-0.39, 0.29) is 5.91 Å². The number of primary amides is 1. The number of amides is 1. The summed E-state index contributed by atoms with van der Waals surface area (Å²) in [6.45, 7) is 0. The van der Waals surface area contributed by atoms with Gasteiger partial charge in [0.2, 0.25) is 5.91 Å². The molecule has 0 saturated heterocycles. The van der Waals surface area contributed by atoms with Crippen molar-refractivity contribution in [1.29, 1.82) is 0 Å². The lowest BCUT2D eigenvalue weighted by Crippen LogP contribution is -2.09. The number of nitrogens with one attached hydrogen (secondary N) is 1. The third-order valence-electron chi connectivity index (χ3n) is 4.23. The maximum absolute atomic E-state index is 10.9. The number of nitrogens with two attached hydrogens (primary N) is 1. The molecule has 2 aromatic carbocycles. The maximum atomic E-state index is 10.9. The molecule has 28 heavy (non-hydrogen) atoms. The average molecular weight is 398 g/mol. The Morgan fingerprint density at radius 2 is 1.57 bits per heavy atom. The molecule has 0 fully saturated rings. The maximum Gasteiger partial charge on any atom is 0.217 e. The van der Waals surface area contributed by atoms with Crippen molar-refractivity contribution in [1.82, 2.24) is 9.97 Å². The normalized spacial score (nSPS) is 10.6. The van der Waals surface area contributed by atoms with Crippen molar-refractivity contribution >= 4 is 17.7 Å². The number of nitrogens with zero attached hydrogens (tertiary/aromatic N) is 1. The quantitative estimate of drug-likeness (QED) is 0.419. The molecule has 0 aliphatic carbocycles. The standard InChI is InChI=1S/C21H23N3O3S/c1-26-16-9-5-14(6-10-16)19-20(15-7-11-17(27-2)12-8-15)24-21(23-19)28-13-3-4-18(22)25/h5-12H,3-4,13H2,1-2H3,(H2,22,25)(H,23,24). The topological polar surface area (TPSA) is 90.2 Å². The number of methoxy groups -OCH3 is 2. The number of hydrogen-bond acceptors (Lipinski definition) is 5. The Hall–Kier alpha value is -2.93. The molecule has 7 heteroatoms. The second-order valence-corrected chi connectivity index (χ2v) is 7.22. The van der Waals surface area contributed by atoms with Crippen molar-refractivity contribution in [2.45, 2.75) is 18.0 Å². The van der Waals surface area contributed by atoms with E-state index in [1.165, 1.54) is 0 Å². The van der Waals surface area contributed by atoms with Crippen molar-refractivity contribution < 1.29 is 14.3 Å². The molecular weight excluding hydrogens is 374 g/mol.